The lowest BCUT2D eigenvalue weighted by atomic mass is 10.3. The van der Waals surface area contributed by atoms with Crippen LogP contribution in [0.5, 0.6) is 5.75 Å². The van der Waals surface area contributed by atoms with E-state index >= 15 is 0 Å². The molecule has 0 unspecified atom stereocenters. The van der Waals surface area contributed by atoms with Crippen LogP contribution in [0.2, 0.25) is 5.02 Å². The molecule has 0 radical (unpaired) electrons. The van der Waals surface area contributed by atoms with Crippen molar-refractivity contribution in [2.75, 3.05) is 13.2 Å². The number of halogens is 3. The number of carbonyl (C=O) groups is 1. The number of carbonyl (C=O) groups excluding carboxylic acids is 1. The Hall–Kier alpha value is -1.25. The van der Waals surface area contributed by atoms with E-state index < -0.39 is 5.82 Å². The van der Waals surface area contributed by atoms with Gasteiger partial charge in [-0.25, -0.2) is 4.39 Å². The minimum absolute atomic E-state index is 0.0268. The van der Waals surface area contributed by atoms with Crippen LogP contribution in [0.4, 0.5) is 4.39 Å². The van der Waals surface area contributed by atoms with Crippen molar-refractivity contribution in [2.45, 2.75) is 0 Å². The van der Waals surface area contributed by atoms with Gasteiger partial charge >= 0.3 is 0 Å². The van der Waals surface area contributed by atoms with E-state index in [4.69, 9.17) is 22.8 Å². The average Bonchev–Trinajstić information content (AvgIpc) is 2.29. The van der Waals surface area contributed by atoms with Gasteiger partial charge in [0.1, 0.15) is 11.6 Å². The van der Waals surface area contributed by atoms with Crippen molar-refractivity contribution < 1.29 is 13.9 Å². The Labute approximate surface area is 111 Å². The molecule has 0 bridgehead atoms. The number of nitrogens with one attached hydrogen (secondary N) is 1. The summed E-state index contributed by atoms with van der Waals surface area (Å²) in [6.07, 6.45) is 4.97. The molecule has 0 fully saturated rings. The summed E-state index contributed by atoms with van der Waals surface area (Å²) in [5.74, 6) is 1.45. The predicted octanol–water partition coefficient (Wildman–Crippen LogP) is 2.37. The summed E-state index contributed by atoms with van der Waals surface area (Å²) in [4.78, 5) is 11.2. The van der Waals surface area contributed by atoms with Crippen LogP contribution in [0.1, 0.15) is 0 Å². The Morgan fingerprint density at radius 1 is 1.65 bits per heavy atom. The molecule has 0 aromatic heterocycles. The minimum atomic E-state index is -0.617. The van der Waals surface area contributed by atoms with Crippen molar-refractivity contribution in [1.29, 1.82) is 0 Å². The SMILES string of the molecule is C#CCNC(=O)COc1cc(F)c(Cl)cc1Br. The number of hydrogen-bond donors (Lipinski definition) is 1. The Balaban J connectivity index is 2.61. The second kappa shape index (κ2) is 6.48. The van der Waals surface area contributed by atoms with E-state index in [2.05, 4.69) is 27.2 Å². The van der Waals surface area contributed by atoms with E-state index in [1.54, 1.807) is 0 Å². The summed E-state index contributed by atoms with van der Waals surface area (Å²) in [5, 5.41) is 2.39. The summed E-state index contributed by atoms with van der Waals surface area (Å²) in [6, 6.07) is 2.45. The van der Waals surface area contributed by atoms with E-state index in [-0.39, 0.29) is 29.8 Å². The molecule has 1 rings (SSSR count). The van der Waals surface area contributed by atoms with Crippen molar-refractivity contribution in [1.82, 2.24) is 5.32 Å². The van der Waals surface area contributed by atoms with Gasteiger partial charge < -0.3 is 10.1 Å². The maximum Gasteiger partial charge on any atom is 0.258 e. The quantitative estimate of drug-likeness (QED) is 0.683. The van der Waals surface area contributed by atoms with E-state index in [1.807, 2.05) is 0 Å². The molecule has 0 spiro atoms. The number of ether oxygens (including phenoxy) is 1. The Kier molecular flexibility index (Phi) is 5.26. The van der Waals surface area contributed by atoms with Gasteiger partial charge in [0.25, 0.3) is 5.91 Å². The fourth-order valence-corrected chi connectivity index (χ4v) is 1.71. The monoisotopic (exact) mass is 319 g/mol. The highest BCUT2D eigenvalue weighted by molar-refractivity contribution is 9.10. The largest absolute Gasteiger partial charge is 0.482 e. The van der Waals surface area contributed by atoms with Gasteiger partial charge in [0, 0.05) is 6.07 Å². The topological polar surface area (TPSA) is 38.3 Å². The smallest absolute Gasteiger partial charge is 0.258 e. The highest BCUT2D eigenvalue weighted by Crippen LogP contribution is 2.30. The normalized spacial score (nSPS) is 9.53. The third kappa shape index (κ3) is 4.25. The third-order valence-electron chi connectivity index (χ3n) is 1.72. The number of rotatable bonds is 4. The first kappa shape index (κ1) is 13.8. The molecule has 0 aliphatic rings. The van der Waals surface area contributed by atoms with Crippen LogP contribution in [0, 0.1) is 18.2 Å². The van der Waals surface area contributed by atoms with Gasteiger partial charge in [-0.05, 0) is 22.0 Å². The highest BCUT2D eigenvalue weighted by Gasteiger charge is 2.09. The lowest BCUT2D eigenvalue weighted by molar-refractivity contribution is -0.122. The van der Waals surface area contributed by atoms with E-state index in [0.29, 0.717) is 4.47 Å². The number of terminal acetylenes is 1. The molecule has 0 aliphatic heterocycles. The first-order chi connectivity index (χ1) is 8.04. The molecular formula is C11H8BrClFNO2. The average molecular weight is 321 g/mol. The van der Waals surface area contributed by atoms with Crippen molar-refractivity contribution in [3.05, 3.63) is 27.4 Å². The molecule has 0 aliphatic carbocycles. The fourth-order valence-electron chi connectivity index (χ4n) is 0.959. The van der Waals surface area contributed by atoms with Gasteiger partial charge in [0.15, 0.2) is 6.61 Å². The zero-order valence-corrected chi connectivity index (χ0v) is 10.9. The van der Waals surface area contributed by atoms with Crippen LogP contribution >= 0.6 is 27.5 Å². The molecule has 3 nitrogen and oxygen atoms in total. The lowest BCUT2D eigenvalue weighted by Gasteiger charge is -2.08. The molecule has 17 heavy (non-hydrogen) atoms. The molecule has 0 atom stereocenters. The summed E-state index contributed by atoms with van der Waals surface area (Å²) in [7, 11) is 0. The zero-order valence-electron chi connectivity index (χ0n) is 8.60. The number of amides is 1. The standard InChI is InChI=1S/C11H8BrClFNO2/c1-2-3-15-11(16)6-17-10-5-9(14)8(13)4-7(10)12/h1,4-5H,3,6H2,(H,15,16). The molecule has 90 valence electrons. The summed E-state index contributed by atoms with van der Waals surface area (Å²) in [5.41, 5.74) is 0. The first-order valence-corrected chi connectivity index (χ1v) is 5.69. The van der Waals surface area contributed by atoms with Crippen LogP contribution in [-0.2, 0) is 4.79 Å². The molecule has 0 saturated heterocycles. The maximum atomic E-state index is 13.1. The van der Waals surface area contributed by atoms with Crippen LogP contribution in [0.25, 0.3) is 0 Å². The molecule has 1 aromatic rings. The van der Waals surface area contributed by atoms with Gasteiger partial charge in [-0.3, -0.25) is 4.79 Å². The van der Waals surface area contributed by atoms with Gasteiger partial charge in [0.2, 0.25) is 0 Å². The van der Waals surface area contributed by atoms with Crippen LogP contribution in [-0.4, -0.2) is 19.1 Å². The Morgan fingerprint density at radius 2 is 2.35 bits per heavy atom. The van der Waals surface area contributed by atoms with Gasteiger partial charge in [-0.2, -0.15) is 0 Å². The van der Waals surface area contributed by atoms with E-state index in [0.717, 1.165) is 6.07 Å². The summed E-state index contributed by atoms with van der Waals surface area (Å²) < 4.78 is 18.7. The highest BCUT2D eigenvalue weighted by atomic mass is 79.9. The second-order valence-electron chi connectivity index (χ2n) is 2.97. The van der Waals surface area contributed by atoms with Crippen LogP contribution < -0.4 is 10.1 Å². The van der Waals surface area contributed by atoms with Gasteiger partial charge in [-0.1, -0.05) is 17.5 Å². The molecule has 0 heterocycles. The molecule has 6 heteroatoms. The summed E-state index contributed by atoms with van der Waals surface area (Å²) in [6.45, 7) is -0.125. The van der Waals surface area contributed by atoms with Crippen LogP contribution in [0.3, 0.4) is 0 Å². The number of benzene rings is 1. The molecule has 1 N–H and O–H groups in total. The molecule has 0 saturated carbocycles. The lowest BCUT2D eigenvalue weighted by Crippen LogP contribution is -2.29. The fraction of sp³-hybridized carbons (Fsp3) is 0.182. The summed E-state index contributed by atoms with van der Waals surface area (Å²) >= 11 is 8.70. The van der Waals surface area contributed by atoms with Crippen molar-refractivity contribution in [3.8, 4) is 18.1 Å². The zero-order chi connectivity index (χ0) is 12.8. The molecule has 1 aromatic carbocycles. The maximum absolute atomic E-state index is 13.1. The van der Waals surface area contributed by atoms with E-state index in [1.165, 1.54) is 6.07 Å². The van der Waals surface area contributed by atoms with Crippen molar-refractivity contribution >= 4 is 33.4 Å². The van der Waals surface area contributed by atoms with Crippen molar-refractivity contribution in [2.24, 2.45) is 0 Å². The molecular weight excluding hydrogens is 312 g/mol. The van der Waals surface area contributed by atoms with Crippen LogP contribution in [0.15, 0.2) is 16.6 Å². The number of hydrogen-bond acceptors (Lipinski definition) is 2. The Bertz CT molecular complexity index is 473. The first-order valence-electron chi connectivity index (χ1n) is 4.52. The van der Waals surface area contributed by atoms with E-state index in [9.17, 15) is 9.18 Å². The third-order valence-corrected chi connectivity index (χ3v) is 2.63. The van der Waals surface area contributed by atoms with Crippen molar-refractivity contribution in [3.63, 3.8) is 0 Å². The second-order valence-corrected chi connectivity index (χ2v) is 4.23. The predicted molar refractivity (Wildman–Crippen MR) is 66.4 cm³/mol. The van der Waals surface area contributed by atoms with Gasteiger partial charge in [0.05, 0.1) is 16.0 Å². The minimum Gasteiger partial charge on any atom is -0.482 e. The van der Waals surface area contributed by atoms with Gasteiger partial charge in [-0.15, -0.1) is 6.42 Å². The molecule has 1 amide bonds. The Morgan fingerprint density at radius 3 is 3.00 bits per heavy atom.